The lowest BCUT2D eigenvalue weighted by Crippen LogP contribution is -2.08. The Balaban J connectivity index is 2.36. The van der Waals surface area contributed by atoms with E-state index in [4.69, 9.17) is 0 Å². The number of nitrogens with zero attached hydrogens (tertiary/aromatic N) is 3. The summed E-state index contributed by atoms with van der Waals surface area (Å²) in [7, 11) is 0. The van der Waals surface area contributed by atoms with Crippen molar-refractivity contribution in [1.82, 2.24) is 14.6 Å². The molecule has 2 aromatic heterocycles. The minimum absolute atomic E-state index is 0.209. The van der Waals surface area contributed by atoms with Gasteiger partial charge in [-0.2, -0.15) is 13.2 Å². The van der Waals surface area contributed by atoms with Crippen LogP contribution >= 0.6 is 0 Å². The number of aryl methyl sites for hydroxylation is 1. The van der Waals surface area contributed by atoms with Gasteiger partial charge in [-0.25, -0.2) is 0 Å². The average molecular weight is 291 g/mol. The molecule has 0 radical (unpaired) electrons. The van der Waals surface area contributed by atoms with E-state index in [1.165, 1.54) is 0 Å². The van der Waals surface area contributed by atoms with Gasteiger partial charge in [-0.15, -0.1) is 10.2 Å². The fraction of sp³-hybridized carbons (Fsp3) is 0.200. The molecule has 0 aliphatic rings. The molecule has 2 heterocycles. The molecule has 0 fully saturated rings. The van der Waals surface area contributed by atoms with Gasteiger partial charge in [-0.3, -0.25) is 4.40 Å². The second-order valence-electron chi connectivity index (χ2n) is 4.66. The number of fused-ring (bicyclic) bond motifs is 1. The number of rotatable bonds is 2. The van der Waals surface area contributed by atoms with Gasteiger partial charge in [-0.05, 0) is 17.7 Å². The van der Waals surface area contributed by atoms with Gasteiger partial charge in [0.15, 0.2) is 5.65 Å². The number of hydrogen-bond acceptors (Lipinski definition) is 2. The summed E-state index contributed by atoms with van der Waals surface area (Å²) in [5, 5.41) is 7.83. The van der Waals surface area contributed by atoms with Crippen molar-refractivity contribution in [3.63, 3.8) is 0 Å². The number of hydrogen-bond donors (Lipinski definition) is 0. The molecule has 3 aromatic rings. The molecular formula is C15H12F3N3. The topological polar surface area (TPSA) is 30.2 Å². The Morgan fingerprint density at radius 2 is 1.76 bits per heavy atom. The van der Waals surface area contributed by atoms with Crippen molar-refractivity contribution in [3.05, 3.63) is 53.9 Å². The van der Waals surface area contributed by atoms with Crippen LogP contribution < -0.4 is 0 Å². The number of aromatic nitrogens is 3. The highest BCUT2D eigenvalue weighted by molar-refractivity contribution is 5.65. The van der Waals surface area contributed by atoms with Gasteiger partial charge in [-0.1, -0.05) is 37.3 Å². The van der Waals surface area contributed by atoms with Gasteiger partial charge < -0.3 is 0 Å². The highest BCUT2D eigenvalue weighted by Gasteiger charge is 2.32. The largest absolute Gasteiger partial charge is 0.416 e. The van der Waals surface area contributed by atoms with E-state index in [0.717, 1.165) is 12.1 Å². The van der Waals surface area contributed by atoms with E-state index in [-0.39, 0.29) is 5.65 Å². The molecule has 0 atom stereocenters. The normalized spacial score (nSPS) is 12.0. The zero-order chi connectivity index (χ0) is 15.0. The van der Waals surface area contributed by atoms with Crippen molar-refractivity contribution in [2.75, 3.05) is 0 Å². The Morgan fingerprint density at radius 3 is 2.38 bits per heavy atom. The first kappa shape index (κ1) is 13.6. The minimum atomic E-state index is -4.41. The molecule has 0 spiro atoms. The molecule has 1 aromatic carbocycles. The highest BCUT2D eigenvalue weighted by Crippen LogP contribution is 2.33. The third kappa shape index (κ3) is 2.37. The number of alkyl halides is 3. The SMILES string of the molecule is CCc1nnc2cc(C(F)(F)F)cc(-c3ccccc3)n12. The minimum Gasteiger partial charge on any atom is -0.279 e. The average Bonchev–Trinajstić information content (AvgIpc) is 2.89. The third-order valence-electron chi connectivity index (χ3n) is 3.29. The zero-order valence-electron chi connectivity index (χ0n) is 11.2. The van der Waals surface area contributed by atoms with Gasteiger partial charge in [0.25, 0.3) is 0 Å². The lowest BCUT2D eigenvalue weighted by Gasteiger charge is -2.12. The molecule has 0 aliphatic heterocycles. The van der Waals surface area contributed by atoms with Crippen LogP contribution in [0.1, 0.15) is 18.3 Å². The van der Waals surface area contributed by atoms with Crippen LogP contribution in [0.2, 0.25) is 0 Å². The third-order valence-corrected chi connectivity index (χ3v) is 3.29. The van der Waals surface area contributed by atoms with Crippen molar-refractivity contribution >= 4 is 5.65 Å². The van der Waals surface area contributed by atoms with E-state index in [2.05, 4.69) is 10.2 Å². The Kier molecular flexibility index (Phi) is 3.16. The second-order valence-corrected chi connectivity index (χ2v) is 4.66. The molecule has 0 bridgehead atoms. The monoisotopic (exact) mass is 291 g/mol. The van der Waals surface area contributed by atoms with Crippen LogP contribution in [0.3, 0.4) is 0 Å². The predicted octanol–water partition coefficient (Wildman–Crippen LogP) is 3.98. The molecule has 0 aliphatic carbocycles. The van der Waals surface area contributed by atoms with Crippen LogP contribution in [0.15, 0.2) is 42.5 Å². The molecule has 21 heavy (non-hydrogen) atoms. The summed E-state index contributed by atoms with van der Waals surface area (Å²) < 4.78 is 40.8. The fourth-order valence-corrected chi connectivity index (χ4v) is 2.29. The number of benzene rings is 1. The quantitative estimate of drug-likeness (QED) is 0.715. The van der Waals surface area contributed by atoms with Crippen molar-refractivity contribution in [1.29, 1.82) is 0 Å². The molecule has 0 saturated heterocycles. The molecule has 3 rings (SSSR count). The van der Waals surface area contributed by atoms with Crippen molar-refractivity contribution in [3.8, 4) is 11.3 Å². The summed E-state index contributed by atoms with van der Waals surface area (Å²) >= 11 is 0. The van der Waals surface area contributed by atoms with Crippen LogP contribution in [0.25, 0.3) is 16.9 Å². The van der Waals surface area contributed by atoms with E-state index < -0.39 is 11.7 Å². The van der Waals surface area contributed by atoms with E-state index in [1.54, 1.807) is 28.7 Å². The first-order chi connectivity index (χ1) is 10.0. The first-order valence-electron chi connectivity index (χ1n) is 6.51. The Bertz CT molecular complexity index is 776. The van der Waals surface area contributed by atoms with Crippen LogP contribution in [-0.4, -0.2) is 14.6 Å². The molecule has 0 saturated carbocycles. The van der Waals surface area contributed by atoms with Gasteiger partial charge in [0.2, 0.25) is 0 Å². The molecule has 0 N–H and O–H groups in total. The summed E-state index contributed by atoms with van der Waals surface area (Å²) in [6.45, 7) is 1.89. The number of pyridine rings is 1. The van der Waals surface area contributed by atoms with Crippen LogP contribution in [0.5, 0.6) is 0 Å². The molecule has 6 heteroatoms. The summed E-state index contributed by atoms with van der Waals surface area (Å²) in [6.07, 6.45) is -3.82. The summed E-state index contributed by atoms with van der Waals surface area (Å²) in [6, 6.07) is 11.1. The van der Waals surface area contributed by atoms with E-state index in [9.17, 15) is 13.2 Å². The standard InChI is InChI=1S/C15H12F3N3/c1-2-13-19-20-14-9-11(15(16,17)18)8-12(21(13)14)10-6-4-3-5-7-10/h3-9H,2H2,1H3. The molecule has 108 valence electrons. The van der Waals surface area contributed by atoms with Crippen LogP contribution in [-0.2, 0) is 12.6 Å². The zero-order valence-corrected chi connectivity index (χ0v) is 11.2. The Morgan fingerprint density at radius 1 is 1.05 bits per heavy atom. The predicted molar refractivity (Wildman–Crippen MR) is 72.8 cm³/mol. The van der Waals surface area contributed by atoms with Gasteiger partial charge in [0.1, 0.15) is 5.82 Å². The molecule has 0 amide bonds. The second kappa shape index (κ2) is 4.87. The maximum absolute atomic E-state index is 13.0. The molecule has 0 unspecified atom stereocenters. The Hall–Kier alpha value is -2.37. The highest BCUT2D eigenvalue weighted by atomic mass is 19.4. The fourth-order valence-electron chi connectivity index (χ4n) is 2.29. The van der Waals surface area contributed by atoms with Crippen LogP contribution in [0.4, 0.5) is 13.2 Å². The lowest BCUT2D eigenvalue weighted by molar-refractivity contribution is -0.137. The smallest absolute Gasteiger partial charge is 0.279 e. The maximum atomic E-state index is 13.0. The van der Waals surface area contributed by atoms with E-state index in [1.807, 2.05) is 13.0 Å². The first-order valence-corrected chi connectivity index (χ1v) is 6.51. The van der Waals surface area contributed by atoms with Crippen LogP contribution in [0, 0.1) is 0 Å². The maximum Gasteiger partial charge on any atom is 0.416 e. The summed E-state index contributed by atoms with van der Waals surface area (Å²) in [5.74, 6) is 0.637. The van der Waals surface area contributed by atoms with E-state index >= 15 is 0 Å². The van der Waals surface area contributed by atoms with Crippen molar-refractivity contribution < 1.29 is 13.2 Å². The lowest BCUT2D eigenvalue weighted by atomic mass is 10.1. The summed E-state index contributed by atoms with van der Waals surface area (Å²) in [5.41, 5.74) is 0.634. The molecular weight excluding hydrogens is 279 g/mol. The van der Waals surface area contributed by atoms with E-state index in [0.29, 0.717) is 23.5 Å². The van der Waals surface area contributed by atoms with Crippen molar-refractivity contribution in [2.45, 2.75) is 19.5 Å². The number of halogens is 3. The molecule has 3 nitrogen and oxygen atoms in total. The summed E-state index contributed by atoms with van der Waals surface area (Å²) in [4.78, 5) is 0. The van der Waals surface area contributed by atoms with Crippen molar-refractivity contribution in [2.24, 2.45) is 0 Å². The van der Waals surface area contributed by atoms with Gasteiger partial charge in [0, 0.05) is 6.42 Å². The van der Waals surface area contributed by atoms with Gasteiger partial charge >= 0.3 is 6.18 Å². The van der Waals surface area contributed by atoms with Gasteiger partial charge in [0.05, 0.1) is 11.3 Å². The Labute approximate surface area is 119 Å².